The third kappa shape index (κ3) is 4.10. The van der Waals surface area contributed by atoms with E-state index >= 15 is 0 Å². The van der Waals surface area contributed by atoms with Crippen molar-refractivity contribution in [2.24, 2.45) is 11.3 Å². The first-order valence-corrected chi connectivity index (χ1v) is 5.15. The molecule has 0 aliphatic carbocycles. The van der Waals surface area contributed by atoms with Crippen LogP contribution in [-0.2, 0) is 0 Å². The Balaban J connectivity index is 3.81. The minimum Gasteiger partial charge on any atom is -0.396 e. The van der Waals surface area contributed by atoms with E-state index in [-0.39, 0.29) is 0 Å². The van der Waals surface area contributed by atoms with Crippen LogP contribution in [0, 0.1) is 11.3 Å². The highest BCUT2D eigenvalue weighted by Crippen LogP contribution is 2.34. The van der Waals surface area contributed by atoms with Crippen molar-refractivity contribution in [1.29, 1.82) is 0 Å². The molecule has 0 aromatic heterocycles. The average molecular weight is 172 g/mol. The summed E-state index contributed by atoms with van der Waals surface area (Å²) < 4.78 is 0. The second kappa shape index (κ2) is 5.58. The molecular weight excluding hydrogens is 148 g/mol. The molecule has 0 spiro atoms. The van der Waals surface area contributed by atoms with Crippen molar-refractivity contribution >= 4 is 0 Å². The molecule has 0 rings (SSSR count). The molecule has 1 atom stereocenters. The maximum Gasteiger partial charge on any atom is 0.0433 e. The summed E-state index contributed by atoms with van der Waals surface area (Å²) in [6, 6.07) is 0. The van der Waals surface area contributed by atoms with E-state index in [2.05, 4.69) is 27.7 Å². The Labute approximate surface area is 77.2 Å². The van der Waals surface area contributed by atoms with Crippen molar-refractivity contribution in [3.05, 3.63) is 0 Å². The van der Waals surface area contributed by atoms with Crippen molar-refractivity contribution in [2.45, 2.75) is 53.4 Å². The van der Waals surface area contributed by atoms with Crippen LogP contribution in [0.5, 0.6) is 0 Å². The molecule has 0 aromatic carbocycles. The van der Waals surface area contributed by atoms with E-state index in [1.54, 1.807) is 0 Å². The van der Waals surface area contributed by atoms with Crippen LogP contribution in [0.15, 0.2) is 0 Å². The summed E-state index contributed by atoms with van der Waals surface area (Å²) in [6.07, 6.45) is 4.80. The summed E-state index contributed by atoms with van der Waals surface area (Å²) in [7, 11) is 0. The molecule has 12 heavy (non-hydrogen) atoms. The van der Waals surface area contributed by atoms with Gasteiger partial charge in [-0.05, 0) is 24.2 Å². The van der Waals surface area contributed by atoms with Crippen molar-refractivity contribution in [3.63, 3.8) is 0 Å². The van der Waals surface area contributed by atoms with Crippen molar-refractivity contribution in [3.8, 4) is 0 Å². The van der Waals surface area contributed by atoms with Gasteiger partial charge in [0.2, 0.25) is 0 Å². The standard InChI is InChI=1S/C11H24O/c1-5-6-8-11(3,4)10(2)7-9-12/h10,12H,5-9H2,1-4H3. The Morgan fingerprint density at radius 1 is 1.33 bits per heavy atom. The lowest BCUT2D eigenvalue weighted by atomic mass is 9.75. The van der Waals surface area contributed by atoms with Gasteiger partial charge < -0.3 is 5.11 Å². The number of rotatable bonds is 6. The van der Waals surface area contributed by atoms with Gasteiger partial charge in [-0.15, -0.1) is 0 Å². The van der Waals surface area contributed by atoms with Crippen LogP contribution in [0.25, 0.3) is 0 Å². The number of hydrogen-bond donors (Lipinski definition) is 1. The Kier molecular flexibility index (Phi) is 5.56. The summed E-state index contributed by atoms with van der Waals surface area (Å²) in [5.41, 5.74) is 0.402. The van der Waals surface area contributed by atoms with Crippen molar-refractivity contribution in [1.82, 2.24) is 0 Å². The van der Waals surface area contributed by atoms with Crippen LogP contribution in [0.3, 0.4) is 0 Å². The third-order valence-electron chi connectivity index (χ3n) is 3.07. The maximum absolute atomic E-state index is 8.83. The molecule has 74 valence electrons. The zero-order valence-electron chi connectivity index (χ0n) is 9.06. The van der Waals surface area contributed by atoms with E-state index in [9.17, 15) is 0 Å². The molecule has 0 bridgehead atoms. The summed E-state index contributed by atoms with van der Waals surface area (Å²) >= 11 is 0. The molecule has 1 heteroatoms. The molecule has 0 saturated heterocycles. The summed E-state index contributed by atoms with van der Waals surface area (Å²) in [4.78, 5) is 0. The molecule has 0 amide bonds. The first-order chi connectivity index (χ1) is 5.54. The van der Waals surface area contributed by atoms with Gasteiger partial charge in [0.15, 0.2) is 0 Å². The summed E-state index contributed by atoms with van der Waals surface area (Å²) in [6.45, 7) is 9.42. The van der Waals surface area contributed by atoms with Gasteiger partial charge >= 0.3 is 0 Å². The predicted molar refractivity (Wildman–Crippen MR) is 54.2 cm³/mol. The van der Waals surface area contributed by atoms with Gasteiger partial charge in [0.1, 0.15) is 0 Å². The van der Waals surface area contributed by atoms with Crippen LogP contribution in [-0.4, -0.2) is 11.7 Å². The Morgan fingerprint density at radius 2 is 1.92 bits per heavy atom. The topological polar surface area (TPSA) is 20.2 Å². The molecular formula is C11H24O. The van der Waals surface area contributed by atoms with E-state index < -0.39 is 0 Å². The van der Waals surface area contributed by atoms with E-state index in [1.807, 2.05) is 0 Å². The van der Waals surface area contributed by atoms with Crippen LogP contribution in [0.1, 0.15) is 53.4 Å². The molecule has 0 saturated carbocycles. The van der Waals surface area contributed by atoms with Crippen LogP contribution in [0.4, 0.5) is 0 Å². The second-order valence-corrected chi connectivity index (χ2v) is 4.51. The van der Waals surface area contributed by atoms with Gasteiger partial charge in [-0.25, -0.2) is 0 Å². The van der Waals surface area contributed by atoms with E-state index in [4.69, 9.17) is 5.11 Å². The Hall–Kier alpha value is -0.0400. The quantitative estimate of drug-likeness (QED) is 0.652. The first-order valence-electron chi connectivity index (χ1n) is 5.15. The normalized spacial score (nSPS) is 14.8. The lowest BCUT2D eigenvalue weighted by Gasteiger charge is -2.31. The number of aliphatic hydroxyl groups excluding tert-OH is 1. The lowest BCUT2D eigenvalue weighted by molar-refractivity contribution is 0.158. The fourth-order valence-corrected chi connectivity index (χ4v) is 1.46. The molecule has 0 heterocycles. The van der Waals surface area contributed by atoms with Crippen LogP contribution < -0.4 is 0 Å². The molecule has 0 aliphatic heterocycles. The zero-order valence-corrected chi connectivity index (χ0v) is 9.06. The fraction of sp³-hybridized carbons (Fsp3) is 1.00. The fourth-order valence-electron chi connectivity index (χ4n) is 1.46. The molecule has 0 fully saturated rings. The van der Waals surface area contributed by atoms with Gasteiger partial charge in [-0.2, -0.15) is 0 Å². The highest BCUT2D eigenvalue weighted by molar-refractivity contribution is 4.74. The van der Waals surface area contributed by atoms with Gasteiger partial charge in [-0.3, -0.25) is 0 Å². The molecule has 0 aromatic rings. The smallest absolute Gasteiger partial charge is 0.0433 e. The first kappa shape index (κ1) is 12.0. The Bertz CT molecular complexity index is 108. The number of hydrogen-bond acceptors (Lipinski definition) is 1. The molecule has 0 aliphatic rings. The summed E-state index contributed by atoms with van der Waals surface area (Å²) in [5, 5.41) is 8.83. The second-order valence-electron chi connectivity index (χ2n) is 4.51. The van der Waals surface area contributed by atoms with Crippen LogP contribution in [0.2, 0.25) is 0 Å². The zero-order chi connectivity index (χ0) is 9.61. The highest BCUT2D eigenvalue weighted by atomic mass is 16.3. The van der Waals surface area contributed by atoms with Crippen molar-refractivity contribution < 1.29 is 5.11 Å². The number of unbranched alkanes of at least 4 members (excludes halogenated alkanes) is 1. The minimum atomic E-state index is 0.330. The van der Waals surface area contributed by atoms with Gasteiger partial charge in [0.05, 0.1) is 0 Å². The van der Waals surface area contributed by atoms with Crippen molar-refractivity contribution in [2.75, 3.05) is 6.61 Å². The average Bonchev–Trinajstić information content (AvgIpc) is 2.01. The van der Waals surface area contributed by atoms with Gasteiger partial charge in [-0.1, -0.05) is 40.5 Å². The van der Waals surface area contributed by atoms with E-state index in [1.165, 1.54) is 19.3 Å². The molecule has 1 unspecified atom stereocenters. The van der Waals surface area contributed by atoms with Gasteiger partial charge in [0.25, 0.3) is 0 Å². The van der Waals surface area contributed by atoms with E-state index in [0.29, 0.717) is 17.9 Å². The minimum absolute atomic E-state index is 0.330. The monoisotopic (exact) mass is 172 g/mol. The molecule has 1 N–H and O–H groups in total. The SMILES string of the molecule is CCCCC(C)(C)C(C)CCO. The maximum atomic E-state index is 8.83. The van der Waals surface area contributed by atoms with E-state index in [0.717, 1.165) is 6.42 Å². The molecule has 0 radical (unpaired) electrons. The largest absolute Gasteiger partial charge is 0.396 e. The predicted octanol–water partition coefficient (Wildman–Crippen LogP) is 3.22. The highest BCUT2D eigenvalue weighted by Gasteiger charge is 2.24. The lowest BCUT2D eigenvalue weighted by Crippen LogP contribution is -2.22. The van der Waals surface area contributed by atoms with Gasteiger partial charge in [0, 0.05) is 6.61 Å². The third-order valence-corrected chi connectivity index (χ3v) is 3.07. The summed E-state index contributed by atoms with van der Waals surface area (Å²) in [5.74, 6) is 0.633. The van der Waals surface area contributed by atoms with Crippen LogP contribution >= 0.6 is 0 Å². The Morgan fingerprint density at radius 3 is 2.33 bits per heavy atom. The number of aliphatic hydroxyl groups is 1. The molecule has 1 nitrogen and oxygen atoms in total.